The molecule has 0 radical (unpaired) electrons. The second-order valence-electron chi connectivity index (χ2n) is 6.21. The minimum atomic E-state index is 0.0615. The van der Waals surface area contributed by atoms with Crippen molar-refractivity contribution in [3.63, 3.8) is 0 Å². The van der Waals surface area contributed by atoms with Gasteiger partial charge in [0.2, 0.25) is 11.7 Å². The standard InChI is InChI=1S/C22H33NO4/c1-6-8-14-23(15-9-7-2)21(24)13-11-10-12-18-16-19(25-3)22(27-5)20(17-18)26-4/h10-13,16-17H,6-9,14-15H2,1-5H3/b12-10+,13-11+. The Morgan fingerprint density at radius 3 is 1.93 bits per heavy atom. The molecule has 0 saturated heterocycles. The monoisotopic (exact) mass is 375 g/mol. The summed E-state index contributed by atoms with van der Waals surface area (Å²) >= 11 is 0. The molecule has 0 spiro atoms. The van der Waals surface area contributed by atoms with Crippen LogP contribution in [-0.4, -0.2) is 45.2 Å². The van der Waals surface area contributed by atoms with E-state index in [1.165, 1.54) is 0 Å². The molecule has 0 atom stereocenters. The van der Waals surface area contributed by atoms with Gasteiger partial charge in [0.25, 0.3) is 0 Å². The quantitative estimate of drug-likeness (QED) is 0.392. The highest BCUT2D eigenvalue weighted by Gasteiger charge is 2.12. The van der Waals surface area contributed by atoms with Gasteiger partial charge in [0.1, 0.15) is 0 Å². The summed E-state index contributed by atoms with van der Waals surface area (Å²) in [7, 11) is 4.75. The Labute approximate surface area is 163 Å². The lowest BCUT2D eigenvalue weighted by Gasteiger charge is -2.20. The van der Waals surface area contributed by atoms with Crippen LogP contribution in [-0.2, 0) is 4.79 Å². The molecule has 5 heteroatoms. The van der Waals surface area contributed by atoms with Crippen LogP contribution in [0.2, 0.25) is 0 Å². The van der Waals surface area contributed by atoms with Crippen LogP contribution in [0.5, 0.6) is 17.2 Å². The topological polar surface area (TPSA) is 48.0 Å². The lowest BCUT2D eigenvalue weighted by atomic mass is 10.1. The molecule has 1 amide bonds. The molecule has 0 heterocycles. The van der Waals surface area contributed by atoms with Gasteiger partial charge in [-0.25, -0.2) is 0 Å². The second kappa shape index (κ2) is 12.8. The molecule has 27 heavy (non-hydrogen) atoms. The number of ether oxygens (including phenoxy) is 3. The van der Waals surface area contributed by atoms with E-state index >= 15 is 0 Å². The van der Waals surface area contributed by atoms with Gasteiger partial charge in [-0.3, -0.25) is 4.79 Å². The molecular formula is C22H33NO4. The summed E-state index contributed by atoms with van der Waals surface area (Å²) in [6, 6.07) is 3.73. The van der Waals surface area contributed by atoms with Crippen molar-refractivity contribution in [3.8, 4) is 17.2 Å². The van der Waals surface area contributed by atoms with Crippen LogP contribution in [0, 0.1) is 0 Å². The normalized spacial score (nSPS) is 11.1. The summed E-state index contributed by atoms with van der Waals surface area (Å²) in [5.74, 6) is 1.82. The highest BCUT2D eigenvalue weighted by Crippen LogP contribution is 2.38. The van der Waals surface area contributed by atoms with Crippen molar-refractivity contribution in [2.45, 2.75) is 39.5 Å². The Hall–Kier alpha value is -2.43. The van der Waals surface area contributed by atoms with E-state index in [0.29, 0.717) is 17.2 Å². The molecule has 0 bridgehead atoms. The lowest BCUT2D eigenvalue weighted by Crippen LogP contribution is -2.31. The molecule has 0 aliphatic heterocycles. The minimum absolute atomic E-state index is 0.0615. The van der Waals surface area contributed by atoms with E-state index in [2.05, 4.69) is 13.8 Å². The third-order valence-corrected chi connectivity index (χ3v) is 4.20. The summed E-state index contributed by atoms with van der Waals surface area (Å²) < 4.78 is 16.0. The molecule has 150 valence electrons. The molecule has 5 nitrogen and oxygen atoms in total. The Kier molecular flexibility index (Phi) is 10.8. The number of amides is 1. The fourth-order valence-electron chi connectivity index (χ4n) is 2.64. The minimum Gasteiger partial charge on any atom is -0.493 e. The molecule has 0 unspecified atom stereocenters. The van der Waals surface area contributed by atoms with E-state index in [9.17, 15) is 4.79 Å². The number of hydrogen-bond donors (Lipinski definition) is 0. The van der Waals surface area contributed by atoms with Gasteiger partial charge in [-0.2, -0.15) is 0 Å². The van der Waals surface area contributed by atoms with Gasteiger partial charge < -0.3 is 19.1 Å². The zero-order valence-electron chi connectivity index (χ0n) is 17.3. The summed E-state index contributed by atoms with van der Waals surface area (Å²) in [4.78, 5) is 14.3. The largest absolute Gasteiger partial charge is 0.493 e. The van der Waals surface area contributed by atoms with Crippen molar-refractivity contribution in [3.05, 3.63) is 35.9 Å². The van der Waals surface area contributed by atoms with Crippen molar-refractivity contribution >= 4 is 12.0 Å². The first kappa shape index (κ1) is 22.6. The van der Waals surface area contributed by atoms with E-state index in [4.69, 9.17) is 14.2 Å². The Morgan fingerprint density at radius 2 is 1.48 bits per heavy atom. The number of unbranched alkanes of at least 4 members (excludes halogenated alkanes) is 2. The maximum Gasteiger partial charge on any atom is 0.246 e. The lowest BCUT2D eigenvalue weighted by molar-refractivity contribution is -0.126. The molecule has 1 rings (SSSR count). The molecule has 1 aromatic rings. The van der Waals surface area contributed by atoms with E-state index in [1.807, 2.05) is 29.2 Å². The first-order valence-electron chi connectivity index (χ1n) is 9.54. The number of benzene rings is 1. The molecular weight excluding hydrogens is 342 g/mol. The number of methoxy groups -OCH3 is 3. The fourth-order valence-corrected chi connectivity index (χ4v) is 2.64. The first-order valence-corrected chi connectivity index (χ1v) is 9.54. The van der Waals surface area contributed by atoms with Gasteiger partial charge in [0.05, 0.1) is 21.3 Å². The van der Waals surface area contributed by atoms with Gasteiger partial charge in [-0.1, -0.05) is 44.9 Å². The molecule has 0 aromatic heterocycles. The van der Waals surface area contributed by atoms with Crippen molar-refractivity contribution in [2.24, 2.45) is 0 Å². The predicted octanol–water partition coefficient (Wildman–Crippen LogP) is 4.71. The van der Waals surface area contributed by atoms with Crippen molar-refractivity contribution in [2.75, 3.05) is 34.4 Å². The summed E-state index contributed by atoms with van der Waals surface area (Å²) in [6.45, 7) is 5.91. The van der Waals surface area contributed by atoms with Crippen molar-refractivity contribution in [1.82, 2.24) is 4.90 Å². The van der Waals surface area contributed by atoms with Gasteiger partial charge in [-0.05, 0) is 30.5 Å². The average Bonchev–Trinajstić information content (AvgIpc) is 2.70. The maximum absolute atomic E-state index is 12.4. The third-order valence-electron chi connectivity index (χ3n) is 4.20. The number of carbonyl (C=O) groups excluding carboxylic acids is 1. The zero-order chi connectivity index (χ0) is 20.1. The van der Waals surface area contributed by atoms with Crippen molar-refractivity contribution < 1.29 is 19.0 Å². The average molecular weight is 376 g/mol. The first-order chi connectivity index (χ1) is 13.1. The number of rotatable bonds is 12. The number of allylic oxidation sites excluding steroid dienone is 2. The zero-order valence-corrected chi connectivity index (χ0v) is 17.3. The SMILES string of the molecule is CCCCN(CCCC)C(=O)/C=C/C=C/c1cc(OC)c(OC)c(OC)c1. The van der Waals surface area contributed by atoms with Crippen LogP contribution >= 0.6 is 0 Å². The van der Waals surface area contributed by atoms with Crippen molar-refractivity contribution in [1.29, 1.82) is 0 Å². The van der Waals surface area contributed by atoms with Crippen LogP contribution in [0.25, 0.3) is 6.08 Å². The van der Waals surface area contributed by atoms with Crippen LogP contribution in [0.15, 0.2) is 30.4 Å². The Bertz CT molecular complexity index is 604. The van der Waals surface area contributed by atoms with E-state index in [1.54, 1.807) is 33.5 Å². The fraction of sp³-hybridized carbons (Fsp3) is 0.500. The molecule has 0 N–H and O–H groups in total. The molecule has 0 aliphatic rings. The van der Waals surface area contributed by atoms with Gasteiger partial charge in [0, 0.05) is 19.2 Å². The van der Waals surface area contributed by atoms with Crippen LogP contribution in [0.3, 0.4) is 0 Å². The van der Waals surface area contributed by atoms with Gasteiger partial charge in [-0.15, -0.1) is 0 Å². The highest BCUT2D eigenvalue weighted by atomic mass is 16.5. The Balaban J connectivity index is 2.82. The maximum atomic E-state index is 12.4. The summed E-state index contributed by atoms with van der Waals surface area (Å²) in [6.07, 6.45) is 11.4. The van der Waals surface area contributed by atoms with E-state index in [0.717, 1.165) is 44.3 Å². The van der Waals surface area contributed by atoms with E-state index in [-0.39, 0.29) is 5.91 Å². The molecule has 0 saturated carbocycles. The number of nitrogens with zero attached hydrogens (tertiary/aromatic N) is 1. The molecule has 1 aromatic carbocycles. The van der Waals surface area contributed by atoms with Gasteiger partial charge in [0.15, 0.2) is 11.5 Å². The number of hydrogen-bond acceptors (Lipinski definition) is 4. The summed E-state index contributed by atoms with van der Waals surface area (Å²) in [5.41, 5.74) is 0.899. The predicted molar refractivity (Wildman–Crippen MR) is 111 cm³/mol. The number of carbonyl (C=O) groups is 1. The highest BCUT2D eigenvalue weighted by molar-refractivity contribution is 5.88. The smallest absolute Gasteiger partial charge is 0.246 e. The summed E-state index contributed by atoms with van der Waals surface area (Å²) in [5, 5.41) is 0. The van der Waals surface area contributed by atoms with Crippen LogP contribution < -0.4 is 14.2 Å². The van der Waals surface area contributed by atoms with Crippen LogP contribution in [0.1, 0.15) is 45.1 Å². The van der Waals surface area contributed by atoms with E-state index < -0.39 is 0 Å². The van der Waals surface area contributed by atoms with Crippen LogP contribution in [0.4, 0.5) is 0 Å². The van der Waals surface area contributed by atoms with Gasteiger partial charge >= 0.3 is 0 Å². The Morgan fingerprint density at radius 1 is 0.926 bits per heavy atom. The molecule has 0 aliphatic carbocycles. The molecule has 0 fully saturated rings. The third kappa shape index (κ3) is 7.37. The second-order valence-corrected chi connectivity index (χ2v) is 6.21.